The van der Waals surface area contributed by atoms with E-state index in [9.17, 15) is 9.18 Å². The van der Waals surface area contributed by atoms with E-state index in [0.29, 0.717) is 21.5 Å². The molecule has 0 spiro atoms. The summed E-state index contributed by atoms with van der Waals surface area (Å²) < 4.78 is 18.9. The Morgan fingerprint density at radius 1 is 1.21 bits per heavy atom. The summed E-state index contributed by atoms with van der Waals surface area (Å²) in [5.41, 5.74) is 2.56. The predicted octanol–water partition coefficient (Wildman–Crippen LogP) is 4.39. The second-order valence-corrected chi connectivity index (χ2v) is 6.90. The van der Waals surface area contributed by atoms with Crippen LogP contribution in [0.5, 0.6) is 5.88 Å². The summed E-state index contributed by atoms with van der Waals surface area (Å²) in [6.45, 7) is -0.262. The van der Waals surface area contributed by atoms with E-state index in [4.69, 9.17) is 10.00 Å². The monoisotopic (exact) mass is 404 g/mol. The first kappa shape index (κ1) is 18.5. The highest BCUT2D eigenvalue weighted by Crippen LogP contribution is 2.37. The van der Waals surface area contributed by atoms with Crippen LogP contribution in [0.2, 0.25) is 0 Å². The summed E-state index contributed by atoms with van der Waals surface area (Å²) >= 11 is 1.41. The zero-order valence-electron chi connectivity index (χ0n) is 14.9. The average Bonchev–Trinajstić information content (AvgIpc) is 3.18. The van der Waals surface area contributed by atoms with Crippen LogP contribution < -0.4 is 10.1 Å². The summed E-state index contributed by atoms with van der Waals surface area (Å²) in [5.74, 6) is -0.430. The third-order valence-corrected chi connectivity index (χ3v) is 4.99. The van der Waals surface area contributed by atoms with E-state index in [2.05, 4.69) is 15.3 Å². The van der Waals surface area contributed by atoms with Crippen molar-refractivity contribution in [3.05, 3.63) is 71.6 Å². The van der Waals surface area contributed by atoms with Gasteiger partial charge in [0.2, 0.25) is 5.88 Å². The Morgan fingerprint density at radius 2 is 2.03 bits per heavy atom. The van der Waals surface area contributed by atoms with Crippen LogP contribution >= 0.6 is 11.3 Å². The van der Waals surface area contributed by atoms with Crippen molar-refractivity contribution in [3.63, 3.8) is 0 Å². The SMILES string of the molecule is N#Cc1cccc(NC(=O)COc2ncnc3scc(-c4ccc(F)cc4)c23)c1. The van der Waals surface area contributed by atoms with E-state index >= 15 is 0 Å². The number of ether oxygens (including phenoxy) is 1. The largest absolute Gasteiger partial charge is 0.467 e. The van der Waals surface area contributed by atoms with Crippen LogP contribution in [0.15, 0.2) is 60.2 Å². The Balaban J connectivity index is 1.55. The second kappa shape index (κ2) is 8.04. The van der Waals surface area contributed by atoms with Crippen LogP contribution in [0.4, 0.5) is 10.1 Å². The van der Waals surface area contributed by atoms with Gasteiger partial charge in [-0.05, 0) is 35.9 Å². The molecule has 29 heavy (non-hydrogen) atoms. The fraction of sp³-hybridized carbons (Fsp3) is 0.0476. The number of carbonyl (C=O) groups is 1. The number of nitriles is 1. The molecule has 0 aliphatic rings. The molecular formula is C21H13FN4O2S. The van der Waals surface area contributed by atoms with Crippen molar-refractivity contribution in [2.75, 3.05) is 11.9 Å². The lowest BCUT2D eigenvalue weighted by atomic mass is 10.1. The van der Waals surface area contributed by atoms with Crippen LogP contribution in [0.3, 0.4) is 0 Å². The number of nitrogens with zero attached hydrogens (tertiary/aromatic N) is 3. The molecule has 1 N–H and O–H groups in total. The topological polar surface area (TPSA) is 87.9 Å². The normalized spacial score (nSPS) is 10.5. The zero-order chi connectivity index (χ0) is 20.2. The maximum absolute atomic E-state index is 13.2. The molecule has 4 aromatic rings. The van der Waals surface area contributed by atoms with Crippen LogP contribution in [-0.4, -0.2) is 22.5 Å². The molecule has 1 amide bonds. The molecule has 0 aliphatic carbocycles. The van der Waals surface area contributed by atoms with Gasteiger partial charge in [0.25, 0.3) is 5.91 Å². The molecule has 0 saturated heterocycles. The van der Waals surface area contributed by atoms with Crippen molar-refractivity contribution in [1.29, 1.82) is 5.26 Å². The maximum Gasteiger partial charge on any atom is 0.262 e. The first-order chi connectivity index (χ1) is 14.1. The number of fused-ring (bicyclic) bond motifs is 1. The lowest BCUT2D eigenvalue weighted by molar-refractivity contribution is -0.118. The number of nitrogens with one attached hydrogen (secondary N) is 1. The molecule has 0 fully saturated rings. The van der Waals surface area contributed by atoms with Gasteiger partial charge in [0.1, 0.15) is 17.0 Å². The molecule has 0 unspecified atom stereocenters. The molecule has 6 nitrogen and oxygen atoms in total. The number of thiophene rings is 1. The van der Waals surface area contributed by atoms with Gasteiger partial charge in [0.05, 0.1) is 17.0 Å². The van der Waals surface area contributed by atoms with E-state index in [1.807, 2.05) is 11.4 Å². The molecule has 0 radical (unpaired) electrons. The Kier molecular flexibility index (Phi) is 5.14. The van der Waals surface area contributed by atoms with Crippen molar-refractivity contribution in [2.24, 2.45) is 0 Å². The molecule has 0 bridgehead atoms. The Labute approximate surface area is 169 Å². The van der Waals surface area contributed by atoms with Crippen molar-refractivity contribution in [1.82, 2.24) is 9.97 Å². The fourth-order valence-corrected chi connectivity index (χ4v) is 3.70. The summed E-state index contributed by atoms with van der Waals surface area (Å²) in [6.07, 6.45) is 1.37. The van der Waals surface area contributed by atoms with E-state index in [1.165, 1.54) is 29.8 Å². The van der Waals surface area contributed by atoms with Crippen LogP contribution in [0, 0.1) is 17.1 Å². The molecule has 0 saturated carbocycles. The quantitative estimate of drug-likeness (QED) is 0.533. The Bertz CT molecular complexity index is 1230. The molecule has 0 aliphatic heterocycles. The minimum absolute atomic E-state index is 0.262. The smallest absolute Gasteiger partial charge is 0.262 e. The first-order valence-electron chi connectivity index (χ1n) is 8.55. The van der Waals surface area contributed by atoms with Gasteiger partial charge in [-0.2, -0.15) is 5.26 Å². The first-order valence-corrected chi connectivity index (χ1v) is 9.43. The third kappa shape index (κ3) is 4.05. The molecule has 142 valence electrons. The van der Waals surface area contributed by atoms with Crippen molar-refractivity contribution >= 4 is 33.1 Å². The number of anilines is 1. The fourth-order valence-electron chi connectivity index (χ4n) is 2.80. The van der Waals surface area contributed by atoms with E-state index in [0.717, 1.165) is 11.1 Å². The minimum atomic E-state index is -0.384. The lowest BCUT2D eigenvalue weighted by Crippen LogP contribution is -2.20. The van der Waals surface area contributed by atoms with Crippen molar-refractivity contribution in [3.8, 4) is 23.1 Å². The van der Waals surface area contributed by atoms with E-state index < -0.39 is 0 Å². The number of rotatable bonds is 5. The van der Waals surface area contributed by atoms with Gasteiger partial charge in [0.15, 0.2) is 6.61 Å². The zero-order valence-corrected chi connectivity index (χ0v) is 15.7. The van der Waals surface area contributed by atoms with Gasteiger partial charge in [-0.15, -0.1) is 11.3 Å². The number of amides is 1. The standard InChI is InChI=1S/C21H13FN4O2S/c22-15-6-4-14(5-7-15)17-11-29-21-19(17)20(24-12-25-21)28-10-18(27)26-16-3-1-2-13(8-16)9-23/h1-8,11-12H,10H2,(H,26,27). The molecule has 2 aromatic heterocycles. The van der Waals surface area contributed by atoms with Crippen LogP contribution in [0.1, 0.15) is 5.56 Å². The van der Waals surface area contributed by atoms with E-state index in [1.54, 1.807) is 36.4 Å². The highest BCUT2D eigenvalue weighted by molar-refractivity contribution is 7.17. The second-order valence-electron chi connectivity index (χ2n) is 6.04. The Hall–Kier alpha value is -3.83. The number of aromatic nitrogens is 2. The van der Waals surface area contributed by atoms with Crippen molar-refractivity contribution < 1.29 is 13.9 Å². The highest BCUT2D eigenvalue weighted by atomic mass is 32.1. The van der Waals surface area contributed by atoms with E-state index in [-0.39, 0.29) is 24.2 Å². The highest BCUT2D eigenvalue weighted by Gasteiger charge is 2.15. The number of benzene rings is 2. The van der Waals surface area contributed by atoms with Crippen LogP contribution in [-0.2, 0) is 4.79 Å². The van der Waals surface area contributed by atoms with Gasteiger partial charge >= 0.3 is 0 Å². The third-order valence-electron chi connectivity index (χ3n) is 4.11. The van der Waals surface area contributed by atoms with Gasteiger partial charge < -0.3 is 10.1 Å². The average molecular weight is 404 g/mol. The minimum Gasteiger partial charge on any atom is -0.467 e. The number of hydrogen-bond acceptors (Lipinski definition) is 6. The van der Waals surface area contributed by atoms with Gasteiger partial charge in [-0.1, -0.05) is 18.2 Å². The number of halogens is 1. The van der Waals surface area contributed by atoms with Gasteiger partial charge in [-0.25, -0.2) is 14.4 Å². The van der Waals surface area contributed by atoms with Gasteiger partial charge in [0, 0.05) is 16.6 Å². The number of hydrogen-bond donors (Lipinski definition) is 1. The predicted molar refractivity (Wildman–Crippen MR) is 108 cm³/mol. The summed E-state index contributed by atoms with van der Waals surface area (Å²) in [4.78, 5) is 21.4. The molecule has 2 heterocycles. The molecule has 2 aromatic carbocycles. The molecular weight excluding hydrogens is 391 g/mol. The number of carbonyl (C=O) groups excluding carboxylic acids is 1. The van der Waals surface area contributed by atoms with Crippen molar-refractivity contribution in [2.45, 2.75) is 0 Å². The summed E-state index contributed by atoms with van der Waals surface area (Å²) in [7, 11) is 0. The summed E-state index contributed by atoms with van der Waals surface area (Å²) in [5, 5.41) is 14.2. The van der Waals surface area contributed by atoms with Gasteiger partial charge in [-0.3, -0.25) is 4.79 Å². The molecule has 8 heteroatoms. The maximum atomic E-state index is 13.2. The molecule has 0 atom stereocenters. The molecule has 4 rings (SSSR count). The Morgan fingerprint density at radius 3 is 2.83 bits per heavy atom. The summed E-state index contributed by atoms with van der Waals surface area (Å²) in [6, 6.07) is 14.7. The van der Waals surface area contributed by atoms with Crippen LogP contribution in [0.25, 0.3) is 21.3 Å². The lowest BCUT2D eigenvalue weighted by Gasteiger charge is -2.09.